The van der Waals surface area contributed by atoms with Gasteiger partial charge in [-0.3, -0.25) is 9.59 Å². The van der Waals surface area contributed by atoms with Crippen molar-refractivity contribution in [1.82, 2.24) is 10.6 Å². The number of hydrogen-bond donors (Lipinski definition) is 2. The number of nitrogens with one attached hydrogen (secondary N) is 2. The van der Waals surface area contributed by atoms with Crippen LogP contribution >= 0.6 is 0 Å². The van der Waals surface area contributed by atoms with Gasteiger partial charge in [-0.25, -0.2) is 9.59 Å². The van der Waals surface area contributed by atoms with E-state index in [9.17, 15) is 19.2 Å². The van der Waals surface area contributed by atoms with Gasteiger partial charge in [0, 0.05) is 13.1 Å². The lowest BCUT2D eigenvalue weighted by Crippen LogP contribution is -2.30. The van der Waals surface area contributed by atoms with Crippen molar-refractivity contribution in [2.24, 2.45) is 0 Å². The third kappa shape index (κ3) is 21.7. The highest BCUT2D eigenvalue weighted by atomic mass is 16.5. The molecular formula is C46H72N2O6. The van der Waals surface area contributed by atoms with Crippen LogP contribution in [0.5, 0.6) is 0 Å². The fraction of sp³-hybridized carbons (Fsp3) is 0.609. The van der Waals surface area contributed by atoms with Crippen molar-refractivity contribution in [3.63, 3.8) is 0 Å². The molecule has 0 aliphatic heterocycles. The van der Waals surface area contributed by atoms with E-state index in [-0.39, 0.29) is 35.5 Å². The maximum atomic E-state index is 13.7. The number of rotatable bonds is 28. The maximum Gasteiger partial charge on any atom is 0.339 e. The lowest BCUT2D eigenvalue weighted by Gasteiger charge is -2.16. The van der Waals surface area contributed by atoms with E-state index in [0.717, 1.165) is 101 Å². The van der Waals surface area contributed by atoms with Crippen molar-refractivity contribution < 1.29 is 28.7 Å². The van der Waals surface area contributed by atoms with Crippen LogP contribution in [0.25, 0.3) is 0 Å². The molecule has 0 fully saturated rings. The molecule has 302 valence electrons. The highest BCUT2D eigenvalue weighted by Crippen LogP contribution is 2.22. The van der Waals surface area contributed by atoms with Crippen molar-refractivity contribution in [2.75, 3.05) is 26.3 Å². The first-order valence-electron chi connectivity index (χ1n) is 20.6. The minimum atomic E-state index is -0.743. The number of unbranched alkanes of at least 4 members (excludes halogenated alkanes) is 10. The zero-order valence-electron chi connectivity index (χ0n) is 35.1. The zero-order valence-corrected chi connectivity index (χ0v) is 35.1. The molecule has 1 aromatic carbocycles. The van der Waals surface area contributed by atoms with Gasteiger partial charge in [0.1, 0.15) is 13.2 Å². The number of amides is 2. The van der Waals surface area contributed by atoms with Crippen LogP contribution in [0.2, 0.25) is 0 Å². The quantitative estimate of drug-likeness (QED) is 0.0501. The lowest BCUT2D eigenvalue weighted by atomic mass is 9.96. The molecule has 0 atom stereocenters. The average Bonchev–Trinajstić information content (AvgIpc) is 3.12. The van der Waals surface area contributed by atoms with Crippen LogP contribution in [0.15, 0.2) is 58.7 Å². The number of esters is 2. The Balaban J connectivity index is 3.43. The molecule has 54 heavy (non-hydrogen) atoms. The Morgan fingerprint density at radius 2 is 0.852 bits per heavy atom. The van der Waals surface area contributed by atoms with E-state index in [0.29, 0.717) is 13.1 Å². The van der Waals surface area contributed by atoms with Gasteiger partial charge in [0.2, 0.25) is 0 Å². The number of ether oxygens (including phenoxy) is 2. The Labute approximate surface area is 327 Å². The largest absolute Gasteiger partial charge is 0.458 e. The molecule has 0 saturated carbocycles. The molecule has 8 heteroatoms. The summed E-state index contributed by atoms with van der Waals surface area (Å²) in [7, 11) is 0. The number of carbonyl (C=O) groups is 4. The molecule has 0 unspecified atom stereocenters. The van der Waals surface area contributed by atoms with Gasteiger partial charge in [0.15, 0.2) is 0 Å². The first-order chi connectivity index (χ1) is 25.9. The lowest BCUT2D eigenvalue weighted by molar-refractivity contribution is 0.0530. The average molecular weight is 749 g/mol. The fourth-order valence-electron chi connectivity index (χ4n) is 5.77. The van der Waals surface area contributed by atoms with Crippen LogP contribution in [-0.2, 0) is 9.47 Å². The monoisotopic (exact) mass is 749 g/mol. The van der Waals surface area contributed by atoms with Gasteiger partial charge >= 0.3 is 11.9 Å². The van der Waals surface area contributed by atoms with Crippen LogP contribution in [0.4, 0.5) is 0 Å². The van der Waals surface area contributed by atoms with Crippen LogP contribution in [0.3, 0.4) is 0 Å². The molecular weight excluding hydrogens is 677 g/mol. The summed E-state index contributed by atoms with van der Waals surface area (Å²) >= 11 is 0. The summed E-state index contributed by atoms with van der Waals surface area (Å²) in [4.78, 5) is 54.7. The van der Waals surface area contributed by atoms with Gasteiger partial charge in [-0.15, -0.1) is 0 Å². The van der Waals surface area contributed by atoms with Gasteiger partial charge in [-0.2, -0.15) is 0 Å². The van der Waals surface area contributed by atoms with Crippen molar-refractivity contribution in [1.29, 1.82) is 0 Å². The van der Waals surface area contributed by atoms with E-state index in [2.05, 4.69) is 64.3 Å². The minimum absolute atomic E-state index is 0.0148. The van der Waals surface area contributed by atoms with E-state index in [4.69, 9.17) is 9.47 Å². The van der Waals surface area contributed by atoms with Gasteiger partial charge in [0.25, 0.3) is 11.8 Å². The second-order valence-electron chi connectivity index (χ2n) is 14.9. The number of benzene rings is 1. The predicted octanol–water partition coefficient (Wildman–Crippen LogP) is 11.6. The molecule has 0 aliphatic carbocycles. The summed E-state index contributed by atoms with van der Waals surface area (Å²) in [6.45, 7) is 17.4. The molecule has 0 saturated heterocycles. The van der Waals surface area contributed by atoms with E-state index >= 15 is 0 Å². The number of carbonyl (C=O) groups excluding carboxylic acids is 4. The molecule has 0 heterocycles. The molecule has 2 amide bonds. The maximum absolute atomic E-state index is 13.7. The Morgan fingerprint density at radius 1 is 0.500 bits per heavy atom. The van der Waals surface area contributed by atoms with E-state index in [1.54, 1.807) is 0 Å². The number of hydrogen-bond acceptors (Lipinski definition) is 6. The van der Waals surface area contributed by atoms with Crippen molar-refractivity contribution in [3.8, 4) is 0 Å². The van der Waals surface area contributed by atoms with Gasteiger partial charge in [-0.1, -0.05) is 113 Å². The molecule has 2 N–H and O–H groups in total. The van der Waals surface area contributed by atoms with E-state index < -0.39 is 23.8 Å². The SMILES string of the molecule is CCCCCCCCNC(=O)c1cc(C(=O)OCC=C(C)CCC=C(C)C)c(C(=O)NCCCCCCCC)cc1C(=O)OCC=C(C)CCC=C(C)C. The Kier molecular flexibility index (Phi) is 26.2. The molecule has 0 aromatic heterocycles. The molecule has 8 nitrogen and oxygen atoms in total. The van der Waals surface area contributed by atoms with Crippen LogP contribution in [-0.4, -0.2) is 50.1 Å². The fourth-order valence-corrected chi connectivity index (χ4v) is 5.77. The van der Waals surface area contributed by atoms with E-state index in [1.807, 2.05) is 26.0 Å². The zero-order chi connectivity index (χ0) is 40.1. The summed E-state index contributed by atoms with van der Waals surface area (Å²) in [5, 5.41) is 5.85. The highest BCUT2D eigenvalue weighted by molar-refractivity contribution is 6.12. The standard InChI is InChI=1S/C46H72N2O6/c1-9-11-13-15-17-19-29-47-43(49)39-33-42(46(52)54-32-28-38(8)26-22-24-36(5)6)40(44(50)48-30-20-18-16-14-12-10-2)34-41(39)45(51)53-31-27-37(7)25-21-23-35(3)4/h23-24,27-28,33-34H,9-22,25-26,29-32H2,1-8H3,(H,47,49)(H,48,50). The first kappa shape index (κ1) is 48.1. The molecule has 1 rings (SSSR count). The predicted molar refractivity (Wildman–Crippen MR) is 223 cm³/mol. The van der Waals surface area contributed by atoms with Crippen LogP contribution in [0, 0.1) is 0 Å². The van der Waals surface area contributed by atoms with Crippen LogP contribution < -0.4 is 10.6 Å². The normalized spacial score (nSPS) is 11.5. The van der Waals surface area contributed by atoms with Crippen molar-refractivity contribution >= 4 is 23.8 Å². The first-order valence-corrected chi connectivity index (χ1v) is 20.6. The molecule has 0 radical (unpaired) electrons. The van der Waals surface area contributed by atoms with E-state index in [1.165, 1.54) is 36.1 Å². The van der Waals surface area contributed by atoms with Crippen molar-refractivity contribution in [3.05, 3.63) is 81.0 Å². The van der Waals surface area contributed by atoms with Crippen LogP contribution in [0.1, 0.15) is 200 Å². The molecule has 0 aliphatic rings. The number of allylic oxidation sites excluding steroid dienone is 6. The molecule has 0 spiro atoms. The van der Waals surface area contributed by atoms with Gasteiger partial charge < -0.3 is 20.1 Å². The summed E-state index contributed by atoms with van der Waals surface area (Å²) in [6, 6.07) is 2.64. The third-order valence-electron chi connectivity index (χ3n) is 9.19. The Hall–Kier alpha value is -3.94. The second-order valence-corrected chi connectivity index (χ2v) is 14.9. The minimum Gasteiger partial charge on any atom is -0.458 e. The summed E-state index contributed by atoms with van der Waals surface area (Å²) < 4.78 is 11.3. The molecule has 1 aromatic rings. The Morgan fingerprint density at radius 3 is 1.20 bits per heavy atom. The van der Waals surface area contributed by atoms with Gasteiger partial charge in [0.05, 0.1) is 22.3 Å². The smallest absolute Gasteiger partial charge is 0.339 e. The molecule has 0 bridgehead atoms. The second kappa shape index (κ2) is 29.4. The third-order valence-corrected chi connectivity index (χ3v) is 9.19. The topological polar surface area (TPSA) is 111 Å². The summed E-state index contributed by atoms with van der Waals surface area (Å²) in [5.41, 5.74) is 4.46. The summed E-state index contributed by atoms with van der Waals surface area (Å²) in [6.07, 6.45) is 24.2. The summed E-state index contributed by atoms with van der Waals surface area (Å²) in [5.74, 6) is -2.50. The highest BCUT2D eigenvalue weighted by Gasteiger charge is 2.27. The van der Waals surface area contributed by atoms with Gasteiger partial charge in [-0.05, 0) is 104 Å². The van der Waals surface area contributed by atoms with Crippen molar-refractivity contribution in [2.45, 2.75) is 158 Å². The Bertz CT molecular complexity index is 1320.